The van der Waals surface area contributed by atoms with Crippen molar-refractivity contribution in [2.45, 2.75) is 20.3 Å². The van der Waals surface area contributed by atoms with Gasteiger partial charge in [-0.2, -0.15) is 0 Å². The summed E-state index contributed by atoms with van der Waals surface area (Å²) in [4.78, 5) is 4.25. The second-order valence-corrected chi connectivity index (χ2v) is 2.65. The van der Waals surface area contributed by atoms with Crippen LogP contribution in [0.5, 0.6) is 0 Å². The lowest BCUT2D eigenvalue weighted by molar-refractivity contribution is 0.649. The summed E-state index contributed by atoms with van der Waals surface area (Å²) in [5.74, 6) is 0.485. The topological polar surface area (TPSA) is 12.4 Å². The maximum Gasteiger partial charge on any atom is 0.0431 e. The van der Waals surface area contributed by atoms with Crippen LogP contribution in [0.1, 0.15) is 20.3 Å². The Kier molecular flexibility index (Phi) is 5.98. The number of hydrogen-bond donors (Lipinski definition) is 0. The molecule has 0 radical (unpaired) electrons. The molecule has 0 heterocycles. The van der Waals surface area contributed by atoms with Crippen LogP contribution >= 0.6 is 0 Å². The molecule has 0 spiro atoms. The molecule has 66 valence electrons. The number of nitrogens with zero attached hydrogens (tertiary/aromatic N) is 1. The lowest BCUT2D eigenvalue weighted by Crippen LogP contribution is -1.94. The van der Waals surface area contributed by atoms with Crippen LogP contribution in [0.15, 0.2) is 42.1 Å². The van der Waals surface area contributed by atoms with Gasteiger partial charge in [0, 0.05) is 11.9 Å². The summed E-state index contributed by atoms with van der Waals surface area (Å²) in [5, 5.41) is 0. The first-order valence-electron chi connectivity index (χ1n) is 4.24. The third-order valence-electron chi connectivity index (χ3n) is 1.73. The van der Waals surface area contributed by atoms with E-state index in [1.165, 1.54) is 0 Å². The Morgan fingerprint density at radius 1 is 1.42 bits per heavy atom. The third kappa shape index (κ3) is 3.91. The average molecular weight is 163 g/mol. The fourth-order valence-electron chi connectivity index (χ4n) is 0.803. The highest BCUT2D eigenvalue weighted by Crippen LogP contribution is 2.14. The minimum absolute atomic E-state index is 0.485. The van der Waals surface area contributed by atoms with Crippen LogP contribution < -0.4 is 0 Å². The molecule has 0 N–H and O–H groups in total. The molecular weight excluding hydrogens is 146 g/mol. The summed E-state index contributed by atoms with van der Waals surface area (Å²) < 4.78 is 0. The summed E-state index contributed by atoms with van der Waals surface area (Å²) in [6.07, 6.45) is 8.19. The number of aliphatic imine (C=N–C) groups is 1. The first-order valence-corrected chi connectivity index (χ1v) is 4.24. The summed E-state index contributed by atoms with van der Waals surface area (Å²) in [6, 6.07) is 0. The van der Waals surface area contributed by atoms with Crippen molar-refractivity contribution in [2.24, 2.45) is 10.9 Å². The zero-order valence-corrected chi connectivity index (χ0v) is 7.96. The average Bonchev–Trinajstić information content (AvgIpc) is 2.11. The maximum absolute atomic E-state index is 4.25. The van der Waals surface area contributed by atoms with Gasteiger partial charge in [-0.05, 0) is 18.4 Å². The Bertz CT molecular complexity index is 199. The van der Waals surface area contributed by atoms with Crippen LogP contribution in [0.3, 0.4) is 0 Å². The predicted molar refractivity (Wildman–Crippen MR) is 56.4 cm³/mol. The van der Waals surface area contributed by atoms with E-state index in [1.54, 1.807) is 18.4 Å². The van der Waals surface area contributed by atoms with Crippen molar-refractivity contribution in [3.8, 4) is 0 Å². The monoisotopic (exact) mass is 163 g/mol. The van der Waals surface area contributed by atoms with E-state index in [9.17, 15) is 0 Å². The van der Waals surface area contributed by atoms with Crippen molar-refractivity contribution in [1.29, 1.82) is 0 Å². The molecule has 0 aliphatic carbocycles. The Hall–Kier alpha value is -1.11. The van der Waals surface area contributed by atoms with Gasteiger partial charge >= 0.3 is 0 Å². The van der Waals surface area contributed by atoms with E-state index in [-0.39, 0.29) is 0 Å². The van der Waals surface area contributed by atoms with Gasteiger partial charge in [0.25, 0.3) is 0 Å². The molecule has 0 fully saturated rings. The highest BCUT2D eigenvalue weighted by Gasteiger charge is 2.02. The summed E-state index contributed by atoms with van der Waals surface area (Å²) in [7, 11) is 0. The van der Waals surface area contributed by atoms with Gasteiger partial charge in [-0.1, -0.05) is 39.2 Å². The van der Waals surface area contributed by atoms with Crippen molar-refractivity contribution >= 4 is 6.21 Å². The van der Waals surface area contributed by atoms with E-state index < -0.39 is 0 Å². The molecule has 12 heavy (non-hydrogen) atoms. The summed E-state index contributed by atoms with van der Waals surface area (Å²) >= 11 is 0. The van der Waals surface area contributed by atoms with Crippen LogP contribution in [-0.4, -0.2) is 6.21 Å². The van der Waals surface area contributed by atoms with Gasteiger partial charge in [0.1, 0.15) is 0 Å². The molecule has 0 saturated heterocycles. The minimum Gasteiger partial charge on any atom is -0.261 e. The molecule has 0 aromatic rings. The standard InChI is InChI=1S/C11H17N/c1-5-8-11(10(4)7-3)12-9-6-2/h5-6,8-10H,1-2,7H2,3-4H3/b11-8-,12-9-. The summed E-state index contributed by atoms with van der Waals surface area (Å²) in [6.45, 7) is 11.5. The molecule has 0 aliphatic heterocycles. The van der Waals surface area contributed by atoms with Crippen molar-refractivity contribution < 1.29 is 0 Å². The zero-order valence-electron chi connectivity index (χ0n) is 7.96. The van der Waals surface area contributed by atoms with Crippen molar-refractivity contribution in [3.63, 3.8) is 0 Å². The number of allylic oxidation sites excluding steroid dienone is 4. The molecule has 1 unspecified atom stereocenters. The number of rotatable bonds is 5. The van der Waals surface area contributed by atoms with Gasteiger partial charge in [0.15, 0.2) is 0 Å². The molecule has 1 atom stereocenters. The van der Waals surface area contributed by atoms with Gasteiger partial charge in [-0.3, -0.25) is 4.99 Å². The van der Waals surface area contributed by atoms with Crippen molar-refractivity contribution in [1.82, 2.24) is 0 Å². The quantitative estimate of drug-likeness (QED) is 0.435. The fourth-order valence-corrected chi connectivity index (χ4v) is 0.803. The smallest absolute Gasteiger partial charge is 0.0431 e. The van der Waals surface area contributed by atoms with Crippen LogP contribution in [0.4, 0.5) is 0 Å². The van der Waals surface area contributed by atoms with Crippen molar-refractivity contribution in [3.05, 3.63) is 37.1 Å². The molecule has 0 amide bonds. The lowest BCUT2D eigenvalue weighted by Gasteiger charge is -2.07. The second-order valence-electron chi connectivity index (χ2n) is 2.65. The molecule has 0 saturated carbocycles. The van der Waals surface area contributed by atoms with Gasteiger partial charge in [-0.15, -0.1) is 0 Å². The molecule has 0 aromatic carbocycles. The van der Waals surface area contributed by atoms with Gasteiger partial charge < -0.3 is 0 Å². The van der Waals surface area contributed by atoms with Crippen LogP contribution in [-0.2, 0) is 0 Å². The minimum atomic E-state index is 0.485. The Morgan fingerprint density at radius 2 is 2.08 bits per heavy atom. The highest BCUT2D eigenvalue weighted by atomic mass is 14.7. The highest BCUT2D eigenvalue weighted by molar-refractivity contribution is 5.71. The Morgan fingerprint density at radius 3 is 2.50 bits per heavy atom. The molecular formula is C11H17N. The predicted octanol–water partition coefficient (Wildman–Crippen LogP) is 3.36. The molecule has 0 aromatic heterocycles. The Labute approximate surface area is 75.2 Å². The van der Waals surface area contributed by atoms with Crippen molar-refractivity contribution in [2.75, 3.05) is 0 Å². The lowest BCUT2D eigenvalue weighted by atomic mass is 10.1. The molecule has 1 nitrogen and oxygen atoms in total. The zero-order chi connectivity index (χ0) is 9.40. The van der Waals surface area contributed by atoms with Crippen LogP contribution in [0.25, 0.3) is 0 Å². The molecule has 0 aliphatic rings. The molecule has 0 rings (SSSR count). The third-order valence-corrected chi connectivity index (χ3v) is 1.73. The largest absolute Gasteiger partial charge is 0.261 e. The number of hydrogen-bond acceptors (Lipinski definition) is 1. The van der Waals surface area contributed by atoms with E-state index in [0.717, 1.165) is 12.1 Å². The first-order chi connectivity index (χ1) is 5.76. The first kappa shape index (κ1) is 10.9. The molecule has 1 heteroatoms. The van der Waals surface area contributed by atoms with E-state index in [4.69, 9.17) is 0 Å². The second kappa shape index (κ2) is 6.59. The van der Waals surface area contributed by atoms with Gasteiger partial charge in [-0.25, -0.2) is 0 Å². The normalized spacial score (nSPS) is 14.7. The van der Waals surface area contributed by atoms with Gasteiger partial charge in [0.2, 0.25) is 0 Å². The van der Waals surface area contributed by atoms with Gasteiger partial charge in [0.05, 0.1) is 0 Å². The fraction of sp³-hybridized carbons (Fsp3) is 0.364. The van der Waals surface area contributed by atoms with E-state index in [2.05, 4.69) is 32.0 Å². The molecule has 0 bridgehead atoms. The van der Waals surface area contributed by atoms with E-state index in [1.807, 2.05) is 6.08 Å². The maximum atomic E-state index is 4.25. The van der Waals surface area contributed by atoms with Crippen LogP contribution in [0.2, 0.25) is 0 Å². The summed E-state index contributed by atoms with van der Waals surface area (Å²) in [5.41, 5.74) is 1.06. The SMILES string of the molecule is C=C/C=N\C(=C/C=C)C(C)CC. The van der Waals surface area contributed by atoms with E-state index in [0.29, 0.717) is 5.92 Å². The Balaban J connectivity index is 4.42. The van der Waals surface area contributed by atoms with E-state index >= 15 is 0 Å². The van der Waals surface area contributed by atoms with Crippen LogP contribution in [0, 0.1) is 5.92 Å².